The zero-order chi connectivity index (χ0) is 11.5. The maximum Gasteiger partial charge on any atom is 0.0992 e. The van der Waals surface area contributed by atoms with Crippen molar-refractivity contribution in [3.63, 3.8) is 0 Å². The molecule has 0 spiro atoms. The van der Waals surface area contributed by atoms with Crippen molar-refractivity contribution >= 4 is 23.1 Å². The summed E-state index contributed by atoms with van der Waals surface area (Å²) in [6.45, 7) is 0. The van der Waals surface area contributed by atoms with Gasteiger partial charge in [0.25, 0.3) is 0 Å². The molecule has 0 unspecified atom stereocenters. The summed E-state index contributed by atoms with van der Waals surface area (Å²) in [4.78, 5) is 5.34. The van der Waals surface area contributed by atoms with Gasteiger partial charge < -0.3 is 4.57 Å². The number of rotatable bonds is 3. The lowest BCUT2D eigenvalue weighted by molar-refractivity contribution is 1.02. The van der Waals surface area contributed by atoms with Crippen molar-refractivity contribution in [2.24, 2.45) is 0 Å². The van der Waals surface area contributed by atoms with Gasteiger partial charge in [0.15, 0.2) is 0 Å². The standard InChI is InChI=1S/C13H10N2S2/c1-2-5-12(17-13-6-3-9-16-13)11(4-1)15-8-7-14-10-15/h1-10H. The van der Waals surface area contributed by atoms with Gasteiger partial charge in [-0.25, -0.2) is 4.98 Å². The molecule has 0 amide bonds. The zero-order valence-corrected chi connectivity index (χ0v) is 10.6. The van der Waals surface area contributed by atoms with Crippen LogP contribution in [0, 0.1) is 0 Å². The minimum absolute atomic E-state index is 1.17. The highest BCUT2D eigenvalue weighted by Gasteiger charge is 2.05. The minimum Gasteiger partial charge on any atom is -0.305 e. The Hall–Kier alpha value is -1.52. The number of hydrogen-bond acceptors (Lipinski definition) is 3. The molecule has 84 valence electrons. The Bertz CT molecular complexity index is 586. The zero-order valence-electron chi connectivity index (χ0n) is 8.98. The molecular weight excluding hydrogens is 248 g/mol. The molecule has 4 heteroatoms. The van der Waals surface area contributed by atoms with Crippen LogP contribution in [0.1, 0.15) is 0 Å². The molecule has 2 aromatic heterocycles. The van der Waals surface area contributed by atoms with Crippen LogP contribution in [-0.2, 0) is 0 Å². The van der Waals surface area contributed by atoms with Gasteiger partial charge in [0.2, 0.25) is 0 Å². The van der Waals surface area contributed by atoms with Crippen LogP contribution in [0.4, 0.5) is 0 Å². The topological polar surface area (TPSA) is 17.8 Å². The highest BCUT2D eigenvalue weighted by atomic mass is 32.2. The van der Waals surface area contributed by atoms with E-state index in [1.54, 1.807) is 29.3 Å². The molecule has 0 aliphatic rings. The van der Waals surface area contributed by atoms with Crippen molar-refractivity contribution in [2.45, 2.75) is 9.10 Å². The highest BCUT2D eigenvalue weighted by molar-refractivity contribution is 8.01. The van der Waals surface area contributed by atoms with E-state index in [1.165, 1.54) is 14.8 Å². The molecule has 0 atom stereocenters. The molecule has 0 saturated carbocycles. The molecule has 0 fully saturated rings. The number of nitrogens with zero attached hydrogens (tertiary/aromatic N) is 2. The maximum absolute atomic E-state index is 4.09. The Morgan fingerprint density at radius 3 is 2.82 bits per heavy atom. The molecule has 2 nitrogen and oxygen atoms in total. The second kappa shape index (κ2) is 4.77. The van der Waals surface area contributed by atoms with E-state index in [2.05, 4.69) is 40.7 Å². The summed E-state index contributed by atoms with van der Waals surface area (Å²) in [6, 6.07) is 12.6. The molecule has 3 aromatic rings. The van der Waals surface area contributed by atoms with Crippen molar-refractivity contribution in [2.75, 3.05) is 0 Å². The summed E-state index contributed by atoms with van der Waals surface area (Å²) in [6.07, 6.45) is 5.59. The van der Waals surface area contributed by atoms with E-state index in [0.717, 1.165) is 0 Å². The second-order valence-electron chi connectivity index (χ2n) is 3.47. The highest BCUT2D eigenvalue weighted by Crippen LogP contribution is 2.34. The SMILES string of the molecule is c1csc(Sc2ccccc2-n2ccnc2)c1. The van der Waals surface area contributed by atoms with Crippen LogP contribution in [0.2, 0.25) is 0 Å². The van der Waals surface area contributed by atoms with E-state index >= 15 is 0 Å². The Kier molecular flexibility index (Phi) is 2.98. The molecule has 0 aliphatic carbocycles. The van der Waals surface area contributed by atoms with Crippen LogP contribution in [0.15, 0.2) is 69.6 Å². The third-order valence-corrected chi connectivity index (χ3v) is 4.46. The van der Waals surface area contributed by atoms with Gasteiger partial charge in [0.05, 0.1) is 16.2 Å². The molecule has 0 radical (unpaired) electrons. The lowest BCUT2D eigenvalue weighted by atomic mass is 10.3. The van der Waals surface area contributed by atoms with Gasteiger partial charge in [-0.3, -0.25) is 0 Å². The molecule has 0 N–H and O–H groups in total. The van der Waals surface area contributed by atoms with Crippen LogP contribution in [0.5, 0.6) is 0 Å². The van der Waals surface area contributed by atoms with E-state index in [-0.39, 0.29) is 0 Å². The Labute approximate surface area is 108 Å². The van der Waals surface area contributed by atoms with Crippen LogP contribution in [-0.4, -0.2) is 9.55 Å². The molecule has 0 bridgehead atoms. The third kappa shape index (κ3) is 2.28. The molecular formula is C13H10N2S2. The summed E-state index contributed by atoms with van der Waals surface area (Å²) < 4.78 is 3.34. The van der Waals surface area contributed by atoms with Crippen LogP contribution >= 0.6 is 23.1 Å². The van der Waals surface area contributed by atoms with Gasteiger partial charge >= 0.3 is 0 Å². The minimum atomic E-state index is 1.17. The summed E-state index contributed by atoms with van der Waals surface area (Å²) in [5, 5.41) is 2.10. The second-order valence-corrected chi connectivity index (χ2v) is 5.76. The van der Waals surface area contributed by atoms with Crippen molar-refractivity contribution in [1.82, 2.24) is 9.55 Å². The molecule has 3 rings (SSSR count). The van der Waals surface area contributed by atoms with E-state index in [9.17, 15) is 0 Å². The van der Waals surface area contributed by atoms with Crippen molar-refractivity contribution in [3.05, 3.63) is 60.5 Å². The lowest BCUT2D eigenvalue weighted by Crippen LogP contribution is -1.91. The van der Waals surface area contributed by atoms with Gasteiger partial charge in [-0.15, -0.1) is 11.3 Å². The summed E-state index contributed by atoms with van der Waals surface area (Å²) in [7, 11) is 0. The number of para-hydroxylation sites is 1. The largest absolute Gasteiger partial charge is 0.305 e. The average molecular weight is 258 g/mol. The summed E-state index contributed by atoms with van der Waals surface area (Å²) in [5.41, 5.74) is 1.17. The van der Waals surface area contributed by atoms with Crippen LogP contribution in [0.25, 0.3) is 5.69 Å². The third-order valence-electron chi connectivity index (χ3n) is 2.35. The Morgan fingerprint density at radius 1 is 1.12 bits per heavy atom. The molecule has 2 heterocycles. The van der Waals surface area contributed by atoms with Crippen molar-refractivity contribution in [1.29, 1.82) is 0 Å². The molecule has 17 heavy (non-hydrogen) atoms. The molecule has 0 aliphatic heterocycles. The molecule has 0 saturated heterocycles. The fourth-order valence-corrected chi connectivity index (χ4v) is 3.45. The Morgan fingerprint density at radius 2 is 2.06 bits per heavy atom. The predicted octanol–water partition coefficient (Wildman–Crippen LogP) is 4.09. The first kappa shape index (κ1) is 10.6. The van der Waals surface area contributed by atoms with Gasteiger partial charge in [-0.2, -0.15) is 0 Å². The Balaban J connectivity index is 1.99. The predicted molar refractivity (Wildman–Crippen MR) is 72.0 cm³/mol. The maximum atomic E-state index is 4.09. The first-order valence-corrected chi connectivity index (χ1v) is 6.92. The molecule has 1 aromatic carbocycles. The summed E-state index contributed by atoms with van der Waals surface area (Å²) >= 11 is 3.55. The number of imidazole rings is 1. The van der Waals surface area contributed by atoms with Gasteiger partial charge in [-0.05, 0) is 23.6 Å². The normalized spacial score (nSPS) is 10.6. The number of benzene rings is 1. The average Bonchev–Trinajstić information content (AvgIpc) is 3.01. The van der Waals surface area contributed by atoms with Crippen LogP contribution < -0.4 is 0 Å². The first-order valence-electron chi connectivity index (χ1n) is 5.22. The number of thiophene rings is 1. The first-order chi connectivity index (χ1) is 8.43. The lowest BCUT2D eigenvalue weighted by Gasteiger charge is -2.08. The van der Waals surface area contributed by atoms with Gasteiger partial charge in [0, 0.05) is 17.3 Å². The van der Waals surface area contributed by atoms with Crippen LogP contribution in [0.3, 0.4) is 0 Å². The summed E-state index contributed by atoms with van der Waals surface area (Å²) in [5.74, 6) is 0. The van der Waals surface area contributed by atoms with Gasteiger partial charge in [0.1, 0.15) is 0 Å². The smallest absolute Gasteiger partial charge is 0.0992 e. The number of aromatic nitrogens is 2. The monoisotopic (exact) mass is 258 g/mol. The quantitative estimate of drug-likeness (QED) is 0.704. The van der Waals surface area contributed by atoms with E-state index in [0.29, 0.717) is 0 Å². The van der Waals surface area contributed by atoms with E-state index in [1.807, 2.05) is 23.2 Å². The number of hydrogen-bond donors (Lipinski definition) is 0. The van der Waals surface area contributed by atoms with Gasteiger partial charge in [-0.1, -0.05) is 30.0 Å². The van der Waals surface area contributed by atoms with E-state index < -0.39 is 0 Å². The van der Waals surface area contributed by atoms with E-state index in [4.69, 9.17) is 0 Å². The van der Waals surface area contributed by atoms with Crippen molar-refractivity contribution in [3.8, 4) is 5.69 Å². The fraction of sp³-hybridized carbons (Fsp3) is 0. The van der Waals surface area contributed by atoms with Crippen molar-refractivity contribution < 1.29 is 0 Å². The fourth-order valence-electron chi connectivity index (χ4n) is 1.59.